The minimum absolute atomic E-state index is 0.0202. The number of nitrogens with one attached hydrogen (secondary N) is 2. The molecule has 12 heteroatoms. The number of aromatic nitrogens is 4. The van der Waals surface area contributed by atoms with Crippen LogP contribution in [0.15, 0.2) is 65.7 Å². The van der Waals surface area contributed by atoms with Gasteiger partial charge >= 0.3 is 6.03 Å². The molecule has 0 spiro atoms. The van der Waals surface area contributed by atoms with Crippen molar-refractivity contribution in [3.05, 3.63) is 88.4 Å². The Morgan fingerprint density at radius 2 is 1.76 bits per heavy atom. The number of carbonyl (C=O) groups is 2. The van der Waals surface area contributed by atoms with Crippen molar-refractivity contribution in [2.24, 2.45) is 0 Å². The average molecular weight is 574 g/mol. The summed E-state index contributed by atoms with van der Waals surface area (Å²) in [5.41, 5.74) is 0.820. The molecule has 1 aliphatic heterocycles. The fourth-order valence-corrected chi connectivity index (χ4v) is 4.93. The van der Waals surface area contributed by atoms with Crippen LogP contribution in [0, 0.1) is 12.7 Å². The number of likely N-dealkylation sites (tertiary alicyclic amines) is 1. The van der Waals surface area contributed by atoms with Gasteiger partial charge in [0.1, 0.15) is 17.7 Å². The molecule has 0 unspecified atom stereocenters. The van der Waals surface area contributed by atoms with Gasteiger partial charge in [-0.15, -0.1) is 0 Å². The SMILES string of the molecule is CCCn1c(C)c(C(=O)Nc2ccc(Oc3cc(NC(=O)N4CCCCC4)ncn3)c(F)c2)c(=O)n1-c1ccccc1. The molecule has 2 aromatic carbocycles. The van der Waals surface area contributed by atoms with Gasteiger partial charge in [-0.25, -0.2) is 23.8 Å². The number of anilines is 2. The minimum Gasteiger partial charge on any atom is -0.436 e. The molecule has 0 saturated carbocycles. The quantitative estimate of drug-likeness (QED) is 0.293. The summed E-state index contributed by atoms with van der Waals surface area (Å²) < 4.78 is 23.9. The van der Waals surface area contributed by atoms with Gasteiger partial charge in [-0.3, -0.25) is 19.6 Å². The number of piperidine rings is 1. The topological polar surface area (TPSA) is 123 Å². The van der Waals surface area contributed by atoms with Crippen LogP contribution in [0.2, 0.25) is 0 Å². The lowest BCUT2D eigenvalue weighted by molar-refractivity contribution is 0.102. The van der Waals surface area contributed by atoms with Gasteiger partial charge in [-0.05, 0) is 56.9 Å². The summed E-state index contributed by atoms with van der Waals surface area (Å²) in [6.45, 7) is 5.60. The van der Waals surface area contributed by atoms with Gasteiger partial charge in [0.05, 0.1) is 11.4 Å². The van der Waals surface area contributed by atoms with E-state index in [9.17, 15) is 14.4 Å². The first-order chi connectivity index (χ1) is 20.4. The summed E-state index contributed by atoms with van der Waals surface area (Å²) in [7, 11) is 0. The van der Waals surface area contributed by atoms with Gasteiger partial charge < -0.3 is 15.0 Å². The molecular weight excluding hydrogens is 541 g/mol. The fraction of sp³-hybridized carbons (Fsp3) is 0.300. The molecule has 4 aromatic rings. The lowest BCUT2D eigenvalue weighted by Gasteiger charge is -2.26. The molecule has 0 radical (unpaired) electrons. The largest absolute Gasteiger partial charge is 0.436 e. The van der Waals surface area contributed by atoms with Crippen LogP contribution in [-0.2, 0) is 6.54 Å². The van der Waals surface area contributed by atoms with Gasteiger partial charge in [-0.1, -0.05) is 25.1 Å². The Morgan fingerprint density at radius 1 is 1.00 bits per heavy atom. The van der Waals surface area contributed by atoms with Crippen molar-refractivity contribution < 1.29 is 18.7 Å². The lowest BCUT2D eigenvalue weighted by atomic mass is 10.1. The summed E-state index contributed by atoms with van der Waals surface area (Å²) in [6, 6.07) is 14.1. The smallest absolute Gasteiger partial charge is 0.323 e. The number of ether oxygens (including phenoxy) is 1. The molecule has 5 rings (SSSR count). The number of halogens is 1. The monoisotopic (exact) mass is 573 g/mol. The molecule has 218 valence electrons. The first-order valence-corrected chi connectivity index (χ1v) is 13.9. The third kappa shape index (κ3) is 6.17. The van der Waals surface area contributed by atoms with E-state index < -0.39 is 17.3 Å². The van der Waals surface area contributed by atoms with Crippen LogP contribution in [0.5, 0.6) is 11.6 Å². The highest BCUT2D eigenvalue weighted by Crippen LogP contribution is 2.27. The Balaban J connectivity index is 1.30. The Morgan fingerprint density at radius 3 is 2.48 bits per heavy atom. The van der Waals surface area contributed by atoms with E-state index in [0.717, 1.165) is 31.7 Å². The molecule has 2 aromatic heterocycles. The zero-order chi connectivity index (χ0) is 29.6. The number of hydrogen-bond donors (Lipinski definition) is 2. The Kier molecular flexibility index (Phi) is 8.60. The number of para-hydroxylation sites is 1. The minimum atomic E-state index is -0.757. The van der Waals surface area contributed by atoms with Crippen LogP contribution in [0.1, 0.15) is 48.7 Å². The first-order valence-electron chi connectivity index (χ1n) is 13.9. The lowest BCUT2D eigenvalue weighted by Crippen LogP contribution is -2.38. The molecule has 3 heterocycles. The first kappa shape index (κ1) is 28.5. The molecular formula is C30H32FN7O4. The molecule has 0 atom stereocenters. The second kappa shape index (κ2) is 12.7. The van der Waals surface area contributed by atoms with E-state index in [4.69, 9.17) is 4.74 Å². The second-order valence-electron chi connectivity index (χ2n) is 9.96. The molecule has 3 amide bonds. The van der Waals surface area contributed by atoms with Crippen molar-refractivity contribution in [1.29, 1.82) is 0 Å². The summed E-state index contributed by atoms with van der Waals surface area (Å²) in [5, 5.41) is 5.35. The van der Waals surface area contributed by atoms with Gasteiger partial charge in [0.2, 0.25) is 5.88 Å². The highest BCUT2D eigenvalue weighted by atomic mass is 19.1. The van der Waals surface area contributed by atoms with E-state index in [2.05, 4.69) is 20.6 Å². The Bertz CT molecular complexity index is 1650. The second-order valence-corrected chi connectivity index (χ2v) is 9.96. The molecule has 11 nitrogen and oxygen atoms in total. The van der Waals surface area contributed by atoms with Crippen LogP contribution in [0.4, 0.5) is 20.7 Å². The third-order valence-electron chi connectivity index (χ3n) is 6.98. The van der Waals surface area contributed by atoms with Gasteiger partial charge in [0.15, 0.2) is 11.6 Å². The highest BCUT2D eigenvalue weighted by molar-refractivity contribution is 6.05. The van der Waals surface area contributed by atoms with Crippen molar-refractivity contribution in [3.8, 4) is 17.3 Å². The maximum absolute atomic E-state index is 15.0. The summed E-state index contributed by atoms with van der Waals surface area (Å²) >= 11 is 0. The van der Waals surface area contributed by atoms with Crippen LogP contribution in [0.3, 0.4) is 0 Å². The number of amides is 3. The van der Waals surface area contributed by atoms with E-state index in [1.807, 2.05) is 25.1 Å². The standard InChI is InChI=1S/C30H32FN7O4/c1-3-14-37-20(2)27(29(40)38(37)22-10-6-4-7-11-22)28(39)34-21-12-13-24(23(31)17-21)42-26-18-25(32-19-33-26)35-30(41)36-15-8-5-9-16-36/h4,6-7,10-13,17-19H,3,5,8-9,14-16H2,1-2H3,(H,34,39)(H,32,33,35,41). The molecule has 1 saturated heterocycles. The maximum atomic E-state index is 15.0. The average Bonchev–Trinajstić information content (AvgIpc) is 3.24. The van der Waals surface area contributed by atoms with Crippen molar-refractivity contribution in [1.82, 2.24) is 24.2 Å². The molecule has 1 fully saturated rings. The molecule has 2 N–H and O–H groups in total. The van der Waals surface area contributed by atoms with Gasteiger partial charge in [0, 0.05) is 37.5 Å². The number of rotatable bonds is 8. The Hall–Kier alpha value is -5.00. The third-order valence-corrected chi connectivity index (χ3v) is 6.98. The maximum Gasteiger partial charge on any atom is 0.323 e. The van der Waals surface area contributed by atoms with Crippen molar-refractivity contribution in [2.75, 3.05) is 23.7 Å². The van der Waals surface area contributed by atoms with Crippen molar-refractivity contribution >= 4 is 23.4 Å². The summed E-state index contributed by atoms with van der Waals surface area (Å²) in [4.78, 5) is 48.9. The summed E-state index contributed by atoms with van der Waals surface area (Å²) in [6.07, 6.45) is 4.98. The van der Waals surface area contributed by atoms with E-state index in [-0.39, 0.29) is 34.7 Å². The molecule has 0 aliphatic carbocycles. The molecule has 1 aliphatic rings. The van der Waals surface area contributed by atoms with E-state index in [0.29, 0.717) is 31.0 Å². The van der Waals surface area contributed by atoms with E-state index >= 15 is 4.39 Å². The van der Waals surface area contributed by atoms with Gasteiger partial charge in [-0.2, -0.15) is 0 Å². The van der Waals surface area contributed by atoms with Crippen molar-refractivity contribution in [3.63, 3.8) is 0 Å². The van der Waals surface area contributed by atoms with Crippen LogP contribution >= 0.6 is 0 Å². The zero-order valence-corrected chi connectivity index (χ0v) is 23.5. The van der Waals surface area contributed by atoms with Crippen LogP contribution in [0.25, 0.3) is 5.69 Å². The summed E-state index contributed by atoms with van der Waals surface area (Å²) in [5.74, 6) is -1.28. The zero-order valence-electron chi connectivity index (χ0n) is 23.5. The molecule has 0 bridgehead atoms. The number of benzene rings is 2. The van der Waals surface area contributed by atoms with Crippen LogP contribution in [-0.4, -0.2) is 49.3 Å². The normalized spacial score (nSPS) is 13.1. The number of hydrogen-bond acceptors (Lipinski definition) is 6. The number of urea groups is 1. The highest BCUT2D eigenvalue weighted by Gasteiger charge is 2.24. The number of carbonyl (C=O) groups excluding carboxylic acids is 2. The van der Waals surface area contributed by atoms with E-state index in [1.165, 1.54) is 29.2 Å². The predicted molar refractivity (Wildman–Crippen MR) is 156 cm³/mol. The van der Waals surface area contributed by atoms with Crippen molar-refractivity contribution in [2.45, 2.75) is 46.1 Å². The van der Waals surface area contributed by atoms with E-state index in [1.54, 1.807) is 28.6 Å². The molecule has 42 heavy (non-hydrogen) atoms. The van der Waals surface area contributed by atoms with Gasteiger partial charge in [0.25, 0.3) is 11.5 Å². The fourth-order valence-electron chi connectivity index (χ4n) is 4.93. The Labute approximate surface area is 241 Å². The predicted octanol–water partition coefficient (Wildman–Crippen LogP) is 5.35. The number of nitrogens with zero attached hydrogens (tertiary/aromatic N) is 5. The van der Waals surface area contributed by atoms with Crippen LogP contribution < -0.4 is 20.9 Å².